The van der Waals surface area contributed by atoms with Crippen LogP contribution in [-0.2, 0) is 20.5 Å². The molecule has 1 aliphatic carbocycles. The SMILES string of the molecule is CC1(C)CCC(CN2CCN(c3ccc(C(=O)NS(=O)c4ccc(OCC5COCCO5)c([N+](=O)[O-])c4)c(Oc4cnc(N)c(Cl)c4)c3)CC2)=C(c2ccc(Cl)cc2)C1. The molecule has 2 unspecified atom stereocenters. The summed E-state index contributed by atoms with van der Waals surface area (Å²) in [5, 5.41) is 12.9. The van der Waals surface area contributed by atoms with Gasteiger partial charge >= 0.3 is 5.69 Å². The number of nitrogens with one attached hydrogen (secondary N) is 1. The summed E-state index contributed by atoms with van der Waals surface area (Å²) in [4.78, 5) is 33.9. The molecule has 2 saturated heterocycles. The van der Waals surface area contributed by atoms with E-state index >= 15 is 0 Å². The number of carbonyl (C=O) groups is 1. The lowest BCUT2D eigenvalue weighted by molar-refractivity contribution is -0.386. The summed E-state index contributed by atoms with van der Waals surface area (Å²) in [5.41, 5.74) is 10.7. The fourth-order valence-corrected chi connectivity index (χ4v) is 8.47. The zero-order chi connectivity index (χ0) is 41.7. The number of halogens is 2. The van der Waals surface area contributed by atoms with Gasteiger partial charge in [0, 0.05) is 61.6 Å². The van der Waals surface area contributed by atoms with Crippen LogP contribution < -0.4 is 24.8 Å². The number of hydrogen-bond donors (Lipinski definition) is 2. The Bertz CT molecular complexity index is 2240. The number of ether oxygens (including phenoxy) is 4. The number of rotatable bonds is 13. The van der Waals surface area contributed by atoms with Gasteiger partial charge in [-0.15, -0.1) is 0 Å². The average Bonchev–Trinajstić information content (AvgIpc) is 3.22. The lowest BCUT2D eigenvalue weighted by Crippen LogP contribution is -2.47. The molecule has 1 aromatic heterocycles. The third-order valence-corrected chi connectivity index (χ3v) is 12.3. The number of nitro benzene ring substituents is 1. The normalized spacial score (nSPS) is 18.9. The number of pyridine rings is 1. The molecule has 0 bridgehead atoms. The molecule has 0 saturated carbocycles. The number of nitro groups is 1. The number of carbonyl (C=O) groups excluding carboxylic acids is 1. The van der Waals surface area contributed by atoms with Crippen molar-refractivity contribution in [2.24, 2.45) is 5.41 Å². The van der Waals surface area contributed by atoms with E-state index in [1.54, 1.807) is 12.1 Å². The van der Waals surface area contributed by atoms with E-state index in [2.05, 4.69) is 45.5 Å². The number of aromatic nitrogens is 1. The first-order valence-corrected chi connectivity index (χ1v) is 21.2. The predicted molar refractivity (Wildman–Crippen MR) is 228 cm³/mol. The Hall–Kier alpha value is -4.77. The Morgan fingerprint density at radius 2 is 1.83 bits per heavy atom. The minimum absolute atomic E-state index is 0.00545. The second kappa shape index (κ2) is 18.7. The maximum absolute atomic E-state index is 13.8. The number of nitrogens with zero attached hydrogens (tertiary/aromatic N) is 4. The van der Waals surface area contributed by atoms with Crippen molar-refractivity contribution in [2.75, 3.05) is 69.8 Å². The summed E-state index contributed by atoms with van der Waals surface area (Å²) >= 11 is 12.5. The van der Waals surface area contributed by atoms with E-state index in [1.807, 2.05) is 18.2 Å². The zero-order valence-electron chi connectivity index (χ0n) is 32.8. The van der Waals surface area contributed by atoms with Gasteiger partial charge in [0.25, 0.3) is 5.91 Å². The topological polar surface area (TPSA) is 172 Å². The second-order valence-corrected chi connectivity index (χ2v) is 17.5. The van der Waals surface area contributed by atoms with Crippen molar-refractivity contribution in [2.45, 2.75) is 44.1 Å². The summed E-state index contributed by atoms with van der Waals surface area (Å²) in [6.45, 7) is 9.88. The number of anilines is 2. The van der Waals surface area contributed by atoms with E-state index in [4.69, 9.17) is 47.9 Å². The molecule has 3 N–H and O–H groups in total. The molecule has 2 atom stereocenters. The fourth-order valence-electron chi connectivity index (χ4n) is 7.38. The summed E-state index contributed by atoms with van der Waals surface area (Å²) in [6.07, 6.45) is 4.22. The molecule has 17 heteroatoms. The van der Waals surface area contributed by atoms with Gasteiger partial charge in [0.1, 0.15) is 30.0 Å². The smallest absolute Gasteiger partial charge is 0.312 e. The largest absolute Gasteiger partial charge is 0.484 e. The molecule has 3 aromatic carbocycles. The van der Waals surface area contributed by atoms with Gasteiger partial charge in [0.2, 0.25) is 0 Å². The summed E-state index contributed by atoms with van der Waals surface area (Å²) < 4.78 is 38.7. The quantitative estimate of drug-likeness (QED) is 0.0993. The average molecular weight is 866 g/mol. The number of hydrogen-bond acceptors (Lipinski definition) is 12. The Balaban J connectivity index is 1.06. The van der Waals surface area contributed by atoms with Crippen molar-refractivity contribution < 1.29 is 32.9 Å². The number of piperazine rings is 1. The van der Waals surface area contributed by atoms with Crippen LogP contribution in [0, 0.1) is 15.5 Å². The van der Waals surface area contributed by atoms with Crippen molar-refractivity contribution in [1.29, 1.82) is 0 Å². The van der Waals surface area contributed by atoms with Gasteiger partial charge in [-0.2, -0.15) is 0 Å². The molecule has 3 aliphatic rings. The van der Waals surface area contributed by atoms with Crippen molar-refractivity contribution in [3.63, 3.8) is 0 Å². The Kier molecular flexibility index (Phi) is 13.4. The number of nitrogens with two attached hydrogens (primary N) is 1. The van der Waals surface area contributed by atoms with Crippen molar-refractivity contribution >= 4 is 62.9 Å². The number of benzene rings is 3. The molecule has 14 nitrogen and oxygen atoms in total. The van der Waals surface area contributed by atoms with Gasteiger partial charge in [-0.05, 0) is 72.2 Å². The first-order chi connectivity index (χ1) is 28.3. The van der Waals surface area contributed by atoms with E-state index in [0.29, 0.717) is 19.8 Å². The molecule has 2 aliphatic heterocycles. The fraction of sp³-hybridized carbons (Fsp3) is 0.381. The van der Waals surface area contributed by atoms with Crippen LogP contribution in [0.4, 0.5) is 17.2 Å². The highest BCUT2D eigenvalue weighted by Crippen LogP contribution is 2.43. The van der Waals surface area contributed by atoms with Gasteiger partial charge in [-0.3, -0.25) is 24.5 Å². The maximum Gasteiger partial charge on any atom is 0.312 e. The summed E-state index contributed by atoms with van der Waals surface area (Å²) in [5.74, 6) is -0.251. The van der Waals surface area contributed by atoms with E-state index < -0.39 is 27.5 Å². The molecule has 1 amide bonds. The van der Waals surface area contributed by atoms with Crippen LogP contribution in [0.5, 0.6) is 17.2 Å². The van der Waals surface area contributed by atoms with Gasteiger partial charge in [0.05, 0.1) is 46.4 Å². The molecule has 0 radical (unpaired) electrons. The monoisotopic (exact) mass is 864 g/mol. The van der Waals surface area contributed by atoms with E-state index in [9.17, 15) is 19.1 Å². The Labute approximate surface area is 355 Å². The summed E-state index contributed by atoms with van der Waals surface area (Å²) in [7, 11) is -2.19. The number of amides is 1. The van der Waals surface area contributed by atoms with Crippen LogP contribution in [0.2, 0.25) is 10.0 Å². The maximum atomic E-state index is 13.8. The molecule has 2 fully saturated rings. The lowest BCUT2D eigenvalue weighted by atomic mass is 9.72. The van der Waals surface area contributed by atoms with E-state index in [0.717, 1.165) is 68.8 Å². The van der Waals surface area contributed by atoms with Crippen molar-refractivity contribution in [1.82, 2.24) is 14.6 Å². The molecule has 3 heterocycles. The minimum Gasteiger partial charge on any atom is -0.484 e. The number of nitrogen functional groups attached to an aromatic ring is 1. The first-order valence-electron chi connectivity index (χ1n) is 19.3. The van der Waals surface area contributed by atoms with Crippen LogP contribution in [0.25, 0.3) is 5.57 Å². The minimum atomic E-state index is -2.19. The molecule has 4 aromatic rings. The third kappa shape index (κ3) is 10.7. The molecular weight excluding hydrogens is 819 g/mol. The highest BCUT2D eigenvalue weighted by molar-refractivity contribution is 7.83. The molecule has 312 valence electrons. The molecular formula is C42H46Cl2N6O8S. The zero-order valence-corrected chi connectivity index (χ0v) is 35.1. The highest BCUT2D eigenvalue weighted by Gasteiger charge is 2.30. The number of allylic oxidation sites excluding steroid dienone is 1. The van der Waals surface area contributed by atoms with Crippen molar-refractivity contribution in [3.8, 4) is 17.2 Å². The van der Waals surface area contributed by atoms with Gasteiger partial charge in [0.15, 0.2) is 16.7 Å². The molecule has 7 rings (SSSR count). The predicted octanol–water partition coefficient (Wildman–Crippen LogP) is 7.70. The molecule has 0 spiro atoms. The first kappa shape index (κ1) is 42.4. The van der Waals surface area contributed by atoms with Gasteiger partial charge in [-0.25, -0.2) is 9.19 Å². The summed E-state index contributed by atoms with van der Waals surface area (Å²) in [6, 6.07) is 18.7. The lowest BCUT2D eigenvalue weighted by Gasteiger charge is -2.39. The molecule has 59 heavy (non-hydrogen) atoms. The standard InChI is InChI=1S/C42H46Cl2N6O8S/c1-42(2)12-11-28(35(22-42)27-3-5-29(43)6-4-27)24-48-13-15-49(16-14-48)30-7-9-34(39(19-30)58-31-20-36(44)40(45)46-23-31)41(51)47-59(54)33-8-10-38(37(21-33)50(52)53)57-26-32-25-55-17-18-56-32/h3-10,19-21,23,32H,11-18,22,24-26H2,1-2H3,(H2,45,46)(H,47,51). The highest BCUT2D eigenvalue weighted by atomic mass is 35.5. The Morgan fingerprint density at radius 3 is 2.54 bits per heavy atom. The van der Waals surface area contributed by atoms with Gasteiger partial charge in [-0.1, -0.05) is 54.8 Å². The van der Waals surface area contributed by atoms with Crippen LogP contribution in [-0.4, -0.2) is 90.2 Å². The van der Waals surface area contributed by atoms with Crippen LogP contribution >= 0.6 is 23.2 Å². The van der Waals surface area contributed by atoms with E-state index in [1.165, 1.54) is 41.1 Å². The Morgan fingerprint density at radius 1 is 1.05 bits per heavy atom. The van der Waals surface area contributed by atoms with Crippen molar-refractivity contribution in [3.05, 3.63) is 110 Å². The van der Waals surface area contributed by atoms with Crippen LogP contribution in [0.15, 0.2) is 83.4 Å². The van der Waals surface area contributed by atoms with Crippen LogP contribution in [0.3, 0.4) is 0 Å². The third-order valence-electron chi connectivity index (χ3n) is 10.6. The van der Waals surface area contributed by atoms with Crippen LogP contribution in [0.1, 0.15) is 49.0 Å². The van der Waals surface area contributed by atoms with Gasteiger partial charge < -0.3 is 29.6 Å². The van der Waals surface area contributed by atoms with E-state index in [-0.39, 0.29) is 56.7 Å². The second-order valence-electron chi connectivity index (χ2n) is 15.5.